The van der Waals surface area contributed by atoms with Crippen LogP contribution in [-0.2, 0) is 17.6 Å². The zero-order valence-electron chi connectivity index (χ0n) is 12.1. The lowest BCUT2D eigenvalue weighted by atomic mass is 9.98. The van der Waals surface area contributed by atoms with Gasteiger partial charge in [-0.2, -0.15) is 0 Å². The first-order chi connectivity index (χ1) is 10.7. The maximum absolute atomic E-state index is 12.8. The molecule has 2 aliphatic rings. The third-order valence-corrected chi connectivity index (χ3v) is 5.07. The Morgan fingerprint density at radius 3 is 3.05 bits per heavy atom. The van der Waals surface area contributed by atoms with E-state index in [0.717, 1.165) is 36.1 Å². The minimum atomic E-state index is 0.130. The highest BCUT2D eigenvalue weighted by Crippen LogP contribution is 2.43. The lowest BCUT2D eigenvalue weighted by Crippen LogP contribution is -2.43. The molecular formula is C17H16ClN3O. The largest absolute Gasteiger partial charge is 0.332 e. The van der Waals surface area contributed by atoms with Gasteiger partial charge in [0.25, 0.3) is 0 Å². The van der Waals surface area contributed by atoms with E-state index in [9.17, 15) is 4.79 Å². The number of carbonyl (C=O) groups excluding carboxylic acids is 1. The molecule has 2 aliphatic heterocycles. The van der Waals surface area contributed by atoms with Crippen molar-refractivity contribution in [2.24, 2.45) is 0 Å². The van der Waals surface area contributed by atoms with E-state index in [-0.39, 0.29) is 18.0 Å². The molecule has 4 nitrogen and oxygen atoms in total. The number of carbonyl (C=O) groups is 1. The molecule has 2 unspecified atom stereocenters. The van der Waals surface area contributed by atoms with Crippen molar-refractivity contribution < 1.29 is 4.79 Å². The number of rotatable bonds is 2. The molecule has 0 spiro atoms. The lowest BCUT2D eigenvalue weighted by Gasteiger charge is -2.35. The fourth-order valence-corrected chi connectivity index (χ4v) is 3.90. The third-order valence-electron chi connectivity index (χ3n) is 4.71. The first-order valence-corrected chi connectivity index (χ1v) is 7.95. The molecule has 1 aromatic heterocycles. The first-order valence-electron chi connectivity index (χ1n) is 7.57. The van der Waals surface area contributed by atoms with Gasteiger partial charge < -0.3 is 4.90 Å². The van der Waals surface area contributed by atoms with Gasteiger partial charge in [0.1, 0.15) is 6.33 Å². The molecule has 2 aromatic rings. The summed E-state index contributed by atoms with van der Waals surface area (Å²) in [5, 5.41) is 0.656. The van der Waals surface area contributed by atoms with Gasteiger partial charge in [-0.25, -0.2) is 9.97 Å². The van der Waals surface area contributed by atoms with Crippen molar-refractivity contribution >= 4 is 17.5 Å². The number of nitrogens with zero attached hydrogens (tertiary/aromatic N) is 3. The number of amides is 1. The van der Waals surface area contributed by atoms with Crippen molar-refractivity contribution in [3.8, 4) is 0 Å². The van der Waals surface area contributed by atoms with Crippen LogP contribution in [0.1, 0.15) is 35.7 Å². The Labute approximate surface area is 134 Å². The minimum Gasteiger partial charge on any atom is -0.332 e. The molecule has 4 rings (SSSR count). The average molecular weight is 314 g/mol. The molecule has 1 saturated heterocycles. The van der Waals surface area contributed by atoms with Gasteiger partial charge in [-0.3, -0.25) is 4.79 Å². The molecule has 1 amide bonds. The van der Waals surface area contributed by atoms with Crippen molar-refractivity contribution in [3.63, 3.8) is 0 Å². The van der Waals surface area contributed by atoms with Crippen LogP contribution in [0.4, 0.5) is 0 Å². The van der Waals surface area contributed by atoms with Gasteiger partial charge in [0.05, 0.1) is 18.2 Å². The van der Waals surface area contributed by atoms with Crippen LogP contribution >= 0.6 is 11.6 Å². The van der Waals surface area contributed by atoms with E-state index in [1.165, 1.54) is 0 Å². The van der Waals surface area contributed by atoms with Crippen LogP contribution in [0, 0.1) is 0 Å². The maximum Gasteiger partial charge on any atom is 0.227 e. The smallest absolute Gasteiger partial charge is 0.227 e. The molecule has 5 heteroatoms. The van der Waals surface area contributed by atoms with Crippen LogP contribution in [0.15, 0.2) is 36.8 Å². The number of hydrogen-bond acceptors (Lipinski definition) is 3. The van der Waals surface area contributed by atoms with E-state index in [0.29, 0.717) is 11.4 Å². The molecule has 0 saturated carbocycles. The van der Waals surface area contributed by atoms with Gasteiger partial charge in [0.15, 0.2) is 0 Å². The predicted molar refractivity (Wildman–Crippen MR) is 83.5 cm³/mol. The van der Waals surface area contributed by atoms with Crippen LogP contribution in [-0.4, -0.2) is 26.8 Å². The highest BCUT2D eigenvalue weighted by molar-refractivity contribution is 6.31. The SMILES string of the molecule is O=C(Cc1ccccc1Cl)N1C2CCC1c1cncnc1C2. The molecule has 0 N–H and O–H groups in total. The van der Waals surface area contributed by atoms with Crippen LogP contribution in [0.5, 0.6) is 0 Å². The van der Waals surface area contributed by atoms with Gasteiger partial charge in [-0.15, -0.1) is 0 Å². The summed E-state index contributed by atoms with van der Waals surface area (Å²) in [5.74, 6) is 0.148. The molecule has 3 heterocycles. The molecule has 1 fully saturated rings. The van der Waals surface area contributed by atoms with Gasteiger partial charge >= 0.3 is 0 Å². The fraction of sp³-hybridized carbons (Fsp3) is 0.353. The summed E-state index contributed by atoms with van der Waals surface area (Å²) in [5.41, 5.74) is 3.11. The summed E-state index contributed by atoms with van der Waals surface area (Å²) in [6, 6.07) is 7.95. The van der Waals surface area contributed by atoms with Crippen LogP contribution < -0.4 is 0 Å². The Kier molecular flexibility index (Phi) is 3.34. The summed E-state index contributed by atoms with van der Waals surface area (Å²) in [6.07, 6.45) is 6.69. The zero-order valence-corrected chi connectivity index (χ0v) is 12.8. The Balaban J connectivity index is 1.61. The second-order valence-electron chi connectivity index (χ2n) is 5.95. The minimum absolute atomic E-state index is 0.130. The van der Waals surface area contributed by atoms with E-state index in [2.05, 4.69) is 9.97 Å². The van der Waals surface area contributed by atoms with Crippen molar-refractivity contribution in [2.45, 2.75) is 37.8 Å². The summed E-state index contributed by atoms with van der Waals surface area (Å²) in [4.78, 5) is 23.4. The lowest BCUT2D eigenvalue weighted by molar-refractivity contribution is -0.134. The fourth-order valence-electron chi connectivity index (χ4n) is 3.70. The normalized spacial score (nSPS) is 22.5. The van der Waals surface area contributed by atoms with Gasteiger partial charge in [-0.1, -0.05) is 29.8 Å². The van der Waals surface area contributed by atoms with Gasteiger partial charge in [0.2, 0.25) is 5.91 Å². The van der Waals surface area contributed by atoms with Crippen LogP contribution in [0.3, 0.4) is 0 Å². The van der Waals surface area contributed by atoms with E-state index in [4.69, 9.17) is 11.6 Å². The van der Waals surface area contributed by atoms with Crippen molar-refractivity contribution in [1.82, 2.24) is 14.9 Å². The van der Waals surface area contributed by atoms with Gasteiger partial charge in [-0.05, 0) is 24.5 Å². The highest BCUT2D eigenvalue weighted by atomic mass is 35.5. The molecule has 0 radical (unpaired) electrons. The maximum atomic E-state index is 12.8. The second-order valence-corrected chi connectivity index (χ2v) is 6.35. The molecular weight excluding hydrogens is 298 g/mol. The van der Waals surface area contributed by atoms with Crippen LogP contribution in [0.2, 0.25) is 5.02 Å². The van der Waals surface area contributed by atoms with E-state index in [1.807, 2.05) is 35.4 Å². The third kappa shape index (κ3) is 2.18. The van der Waals surface area contributed by atoms with Crippen molar-refractivity contribution in [2.75, 3.05) is 0 Å². The predicted octanol–water partition coefficient (Wildman–Crippen LogP) is 2.96. The summed E-state index contributed by atoms with van der Waals surface area (Å²) < 4.78 is 0. The van der Waals surface area contributed by atoms with E-state index >= 15 is 0 Å². The first kappa shape index (κ1) is 13.7. The van der Waals surface area contributed by atoms with E-state index < -0.39 is 0 Å². The summed E-state index contributed by atoms with van der Waals surface area (Å²) in [7, 11) is 0. The Bertz CT molecular complexity index is 733. The number of hydrogen-bond donors (Lipinski definition) is 0. The number of fused-ring (bicyclic) bond motifs is 4. The quantitative estimate of drug-likeness (QED) is 0.856. The topological polar surface area (TPSA) is 46.1 Å². The van der Waals surface area contributed by atoms with Gasteiger partial charge in [0, 0.05) is 29.2 Å². The number of benzene rings is 1. The van der Waals surface area contributed by atoms with Crippen molar-refractivity contribution in [1.29, 1.82) is 0 Å². The number of aromatic nitrogens is 2. The standard InChI is InChI=1S/C17H16ClN3O/c18-14-4-2-1-3-11(14)7-17(22)21-12-5-6-16(21)13-9-19-10-20-15(13)8-12/h1-4,9-10,12,16H,5-8H2. The molecule has 2 bridgehead atoms. The Morgan fingerprint density at radius 2 is 2.18 bits per heavy atom. The molecule has 2 atom stereocenters. The van der Waals surface area contributed by atoms with Crippen LogP contribution in [0.25, 0.3) is 0 Å². The highest BCUT2D eigenvalue weighted by Gasteiger charge is 2.42. The monoisotopic (exact) mass is 313 g/mol. The molecule has 22 heavy (non-hydrogen) atoms. The second kappa shape index (κ2) is 5.36. The summed E-state index contributed by atoms with van der Waals surface area (Å²) >= 11 is 6.19. The van der Waals surface area contributed by atoms with Crippen molar-refractivity contribution in [3.05, 3.63) is 58.6 Å². The van der Waals surface area contributed by atoms with E-state index in [1.54, 1.807) is 6.33 Å². The zero-order chi connectivity index (χ0) is 15.1. The Hall–Kier alpha value is -1.94. The molecule has 0 aliphatic carbocycles. The average Bonchev–Trinajstić information content (AvgIpc) is 2.85. The number of halogens is 1. The molecule has 1 aromatic carbocycles. The summed E-state index contributed by atoms with van der Waals surface area (Å²) in [6.45, 7) is 0. The Morgan fingerprint density at radius 1 is 1.32 bits per heavy atom. The molecule has 112 valence electrons.